The lowest BCUT2D eigenvalue weighted by atomic mass is 10.0. The standard InChI is InChI=1S/C28H22N4O/c1-19-4-2-6-24-25(17-26(32-27(19)24)22-5-3-13-30-18-22)28(33)31-23-9-7-20(8-10-23)16-21-11-14-29-15-12-21/h2-15,17-18H,16H2,1H3,(H,31,33). The minimum absolute atomic E-state index is 0.167. The van der Waals surface area contributed by atoms with Gasteiger partial charge in [-0.05, 0) is 72.5 Å². The van der Waals surface area contributed by atoms with Crippen LogP contribution in [0, 0.1) is 6.92 Å². The fourth-order valence-electron chi connectivity index (χ4n) is 3.88. The number of para-hydroxylation sites is 1. The lowest BCUT2D eigenvalue weighted by molar-refractivity contribution is 0.102. The van der Waals surface area contributed by atoms with Gasteiger partial charge in [0.05, 0.1) is 16.8 Å². The number of pyridine rings is 3. The first kappa shape index (κ1) is 20.5. The molecule has 0 radical (unpaired) electrons. The zero-order valence-corrected chi connectivity index (χ0v) is 18.2. The number of nitrogens with zero attached hydrogens (tertiary/aromatic N) is 3. The summed E-state index contributed by atoms with van der Waals surface area (Å²) in [5.74, 6) is -0.167. The van der Waals surface area contributed by atoms with Crippen molar-refractivity contribution in [1.82, 2.24) is 15.0 Å². The number of hydrogen-bond donors (Lipinski definition) is 1. The van der Waals surface area contributed by atoms with Crippen LogP contribution < -0.4 is 5.32 Å². The molecule has 5 heteroatoms. The van der Waals surface area contributed by atoms with Crippen molar-refractivity contribution in [3.8, 4) is 11.3 Å². The van der Waals surface area contributed by atoms with Crippen LogP contribution >= 0.6 is 0 Å². The number of amides is 1. The molecular formula is C28H22N4O. The van der Waals surface area contributed by atoms with Gasteiger partial charge >= 0.3 is 0 Å². The Hall–Kier alpha value is -4.38. The third-order valence-electron chi connectivity index (χ3n) is 5.61. The van der Waals surface area contributed by atoms with Gasteiger partial charge in [0.2, 0.25) is 0 Å². The Kier molecular flexibility index (Phi) is 5.60. The smallest absolute Gasteiger partial charge is 0.256 e. The maximum absolute atomic E-state index is 13.3. The predicted molar refractivity (Wildman–Crippen MR) is 131 cm³/mol. The third-order valence-corrected chi connectivity index (χ3v) is 5.61. The molecule has 1 N–H and O–H groups in total. The highest BCUT2D eigenvalue weighted by atomic mass is 16.1. The van der Waals surface area contributed by atoms with Gasteiger partial charge in [-0.2, -0.15) is 0 Å². The second-order valence-electron chi connectivity index (χ2n) is 7.95. The quantitative estimate of drug-likeness (QED) is 0.380. The summed E-state index contributed by atoms with van der Waals surface area (Å²) in [6, 6.07) is 23.5. The van der Waals surface area contributed by atoms with E-state index in [-0.39, 0.29) is 5.91 Å². The van der Waals surface area contributed by atoms with E-state index in [9.17, 15) is 4.79 Å². The van der Waals surface area contributed by atoms with Crippen LogP contribution in [0.1, 0.15) is 27.0 Å². The average molecular weight is 431 g/mol. The summed E-state index contributed by atoms with van der Waals surface area (Å²) in [5, 5.41) is 3.88. The zero-order chi connectivity index (χ0) is 22.6. The number of fused-ring (bicyclic) bond motifs is 1. The third kappa shape index (κ3) is 4.48. The molecule has 0 aliphatic heterocycles. The van der Waals surface area contributed by atoms with Crippen LogP contribution in [0.5, 0.6) is 0 Å². The topological polar surface area (TPSA) is 67.8 Å². The molecule has 0 atom stereocenters. The van der Waals surface area contributed by atoms with Crippen molar-refractivity contribution in [2.75, 3.05) is 5.32 Å². The summed E-state index contributed by atoms with van der Waals surface area (Å²) in [5.41, 5.74) is 7.14. The number of nitrogens with one attached hydrogen (secondary N) is 1. The Morgan fingerprint density at radius 1 is 0.848 bits per heavy atom. The molecule has 0 bridgehead atoms. The fraction of sp³-hybridized carbons (Fsp3) is 0.0714. The molecule has 0 saturated carbocycles. The molecule has 0 aliphatic carbocycles. The van der Waals surface area contributed by atoms with Crippen molar-refractivity contribution in [3.63, 3.8) is 0 Å². The summed E-state index contributed by atoms with van der Waals surface area (Å²) in [6.07, 6.45) is 7.89. The van der Waals surface area contributed by atoms with Crippen molar-refractivity contribution in [3.05, 3.63) is 120 Å². The number of hydrogen-bond acceptors (Lipinski definition) is 4. The van der Waals surface area contributed by atoms with E-state index >= 15 is 0 Å². The molecule has 5 nitrogen and oxygen atoms in total. The Morgan fingerprint density at radius 3 is 2.39 bits per heavy atom. The van der Waals surface area contributed by atoms with Crippen LogP contribution in [0.3, 0.4) is 0 Å². The van der Waals surface area contributed by atoms with Gasteiger partial charge in [0, 0.05) is 41.4 Å². The summed E-state index contributed by atoms with van der Waals surface area (Å²) in [6.45, 7) is 2.01. The monoisotopic (exact) mass is 430 g/mol. The van der Waals surface area contributed by atoms with Gasteiger partial charge in [0.1, 0.15) is 0 Å². The zero-order valence-electron chi connectivity index (χ0n) is 18.2. The Morgan fingerprint density at radius 2 is 1.64 bits per heavy atom. The van der Waals surface area contributed by atoms with E-state index in [1.54, 1.807) is 24.8 Å². The summed E-state index contributed by atoms with van der Waals surface area (Å²) in [7, 11) is 0. The normalized spacial score (nSPS) is 10.8. The largest absolute Gasteiger partial charge is 0.322 e. The number of benzene rings is 2. The second kappa shape index (κ2) is 9.01. The van der Waals surface area contributed by atoms with E-state index in [1.165, 1.54) is 11.1 Å². The molecule has 0 saturated heterocycles. The Bertz CT molecular complexity index is 1420. The Balaban J connectivity index is 1.45. The van der Waals surface area contributed by atoms with Crippen LogP contribution in [0.15, 0.2) is 97.6 Å². The SMILES string of the molecule is Cc1cccc2c(C(=O)Nc3ccc(Cc4ccncc4)cc3)cc(-c3cccnc3)nc12. The molecule has 2 aromatic carbocycles. The number of anilines is 1. The van der Waals surface area contributed by atoms with Gasteiger partial charge < -0.3 is 5.32 Å². The summed E-state index contributed by atoms with van der Waals surface area (Å²) < 4.78 is 0. The van der Waals surface area contributed by atoms with Gasteiger partial charge in [-0.3, -0.25) is 14.8 Å². The molecular weight excluding hydrogens is 408 g/mol. The molecule has 3 heterocycles. The van der Waals surface area contributed by atoms with E-state index in [4.69, 9.17) is 4.98 Å². The van der Waals surface area contributed by atoms with Gasteiger partial charge in [-0.25, -0.2) is 4.98 Å². The number of rotatable bonds is 5. The lowest BCUT2D eigenvalue weighted by Gasteiger charge is -2.12. The number of carbonyl (C=O) groups excluding carboxylic acids is 1. The average Bonchev–Trinajstić information content (AvgIpc) is 2.86. The molecule has 0 aliphatic rings. The number of aromatic nitrogens is 3. The van der Waals surface area contributed by atoms with Crippen LogP contribution in [-0.4, -0.2) is 20.9 Å². The number of carbonyl (C=O) groups is 1. The van der Waals surface area contributed by atoms with Crippen LogP contribution in [0.4, 0.5) is 5.69 Å². The minimum atomic E-state index is -0.167. The maximum Gasteiger partial charge on any atom is 0.256 e. The van der Waals surface area contributed by atoms with Crippen LogP contribution in [0.25, 0.3) is 22.2 Å². The molecule has 160 valence electrons. The first-order valence-electron chi connectivity index (χ1n) is 10.8. The highest BCUT2D eigenvalue weighted by Crippen LogP contribution is 2.27. The van der Waals surface area contributed by atoms with E-state index in [0.29, 0.717) is 5.56 Å². The van der Waals surface area contributed by atoms with E-state index in [1.807, 2.05) is 79.7 Å². The maximum atomic E-state index is 13.3. The lowest BCUT2D eigenvalue weighted by Crippen LogP contribution is -2.13. The number of aryl methyl sites for hydroxylation is 1. The van der Waals surface area contributed by atoms with Gasteiger partial charge in [0.15, 0.2) is 0 Å². The molecule has 5 rings (SSSR count). The van der Waals surface area contributed by atoms with Crippen molar-refractivity contribution in [2.24, 2.45) is 0 Å². The molecule has 0 unspecified atom stereocenters. The predicted octanol–water partition coefficient (Wildman–Crippen LogP) is 5.84. The molecule has 33 heavy (non-hydrogen) atoms. The molecule has 0 spiro atoms. The molecule has 5 aromatic rings. The Labute approximate surface area is 192 Å². The molecule has 0 fully saturated rings. The van der Waals surface area contributed by atoms with Crippen molar-refractivity contribution in [1.29, 1.82) is 0 Å². The van der Waals surface area contributed by atoms with Crippen molar-refractivity contribution >= 4 is 22.5 Å². The van der Waals surface area contributed by atoms with E-state index < -0.39 is 0 Å². The summed E-state index contributed by atoms with van der Waals surface area (Å²) in [4.78, 5) is 26.4. The van der Waals surface area contributed by atoms with Crippen LogP contribution in [-0.2, 0) is 6.42 Å². The first-order valence-corrected chi connectivity index (χ1v) is 10.8. The van der Waals surface area contributed by atoms with Gasteiger partial charge in [0.25, 0.3) is 5.91 Å². The highest BCUT2D eigenvalue weighted by molar-refractivity contribution is 6.13. The van der Waals surface area contributed by atoms with Gasteiger partial charge in [-0.1, -0.05) is 30.3 Å². The van der Waals surface area contributed by atoms with E-state index in [0.717, 1.165) is 39.8 Å². The molecule has 1 amide bonds. The van der Waals surface area contributed by atoms with E-state index in [2.05, 4.69) is 15.3 Å². The second-order valence-corrected chi connectivity index (χ2v) is 7.95. The van der Waals surface area contributed by atoms with Gasteiger partial charge in [-0.15, -0.1) is 0 Å². The minimum Gasteiger partial charge on any atom is -0.322 e. The van der Waals surface area contributed by atoms with Crippen LogP contribution in [0.2, 0.25) is 0 Å². The van der Waals surface area contributed by atoms with Crippen molar-refractivity contribution in [2.45, 2.75) is 13.3 Å². The first-order chi connectivity index (χ1) is 16.2. The summed E-state index contributed by atoms with van der Waals surface area (Å²) >= 11 is 0. The van der Waals surface area contributed by atoms with Crippen molar-refractivity contribution < 1.29 is 4.79 Å². The molecule has 3 aromatic heterocycles. The fourth-order valence-corrected chi connectivity index (χ4v) is 3.88. The highest BCUT2D eigenvalue weighted by Gasteiger charge is 2.15.